The molecular formula is C16H21N3OS. The lowest BCUT2D eigenvalue weighted by atomic mass is 10.1. The third kappa shape index (κ3) is 3.61. The van der Waals surface area contributed by atoms with Gasteiger partial charge in [0.2, 0.25) is 0 Å². The number of ether oxygens (including phenoxy) is 1. The van der Waals surface area contributed by atoms with Crippen LogP contribution in [0.4, 0.5) is 5.82 Å². The van der Waals surface area contributed by atoms with Crippen molar-refractivity contribution >= 4 is 33.8 Å². The molecule has 2 aromatic rings. The molecule has 0 atom stereocenters. The molecule has 0 amide bonds. The van der Waals surface area contributed by atoms with E-state index in [0.29, 0.717) is 17.5 Å². The minimum Gasteiger partial charge on any atom is -0.497 e. The van der Waals surface area contributed by atoms with E-state index in [9.17, 15) is 0 Å². The van der Waals surface area contributed by atoms with Crippen molar-refractivity contribution in [3.63, 3.8) is 0 Å². The number of anilines is 1. The van der Waals surface area contributed by atoms with Gasteiger partial charge in [-0.3, -0.25) is 0 Å². The quantitative estimate of drug-likeness (QED) is 0.831. The summed E-state index contributed by atoms with van der Waals surface area (Å²) in [6, 6.07) is 8.34. The van der Waals surface area contributed by atoms with Crippen molar-refractivity contribution < 1.29 is 4.74 Å². The lowest BCUT2D eigenvalue weighted by molar-refractivity contribution is 0.415. The van der Waals surface area contributed by atoms with Crippen LogP contribution in [0.1, 0.15) is 20.3 Å². The molecule has 1 aromatic carbocycles. The molecule has 0 saturated carbocycles. The summed E-state index contributed by atoms with van der Waals surface area (Å²) in [4.78, 5) is 7.32. The molecule has 2 N–H and O–H groups in total. The lowest BCUT2D eigenvalue weighted by Gasteiger charge is -2.29. The maximum atomic E-state index is 5.64. The number of fused-ring (bicyclic) bond motifs is 1. The number of aromatic nitrogens is 1. The van der Waals surface area contributed by atoms with Crippen molar-refractivity contribution in [2.45, 2.75) is 26.3 Å². The molecule has 0 radical (unpaired) electrons. The summed E-state index contributed by atoms with van der Waals surface area (Å²) in [6.07, 6.45) is 2.51. The number of benzene rings is 1. The summed E-state index contributed by atoms with van der Waals surface area (Å²) >= 11 is 5.00. The Morgan fingerprint density at radius 2 is 2.14 bits per heavy atom. The fraction of sp³-hybridized carbons (Fsp3) is 0.375. The highest BCUT2D eigenvalue weighted by atomic mass is 32.1. The van der Waals surface area contributed by atoms with E-state index in [-0.39, 0.29) is 0 Å². The molecule has 0 aliphatic heterocycles. The predicted molar refractivity (Wildman–Crippen MR) is 92.2 cm³/mol. The van der Waals surface area contributed by atoms with E-state index in [0.717, 1.165) is 28.9 Å². The van der Waals surface area contributed by atoms with Crippen LogP contribution in [-0.4, -0.2) is 29.7 Å². The maximum Gasteiger partial charge on any atom is 0.136 e. The molecule has 0 aliphatic carbocycles. The Labute approximate surface area is 130 Å². The topological polar surface area (TPSA) is 51.4 Å². The normalized spacial score (nSPS) is 10.9. The molecule has 0 fully saturated rings. The average molecular weight is 303 g/mol. The molecule has 0 unspecified atom stereocenters. The summed E-state index contributed by atoms with van der Waals surface area (Å²) in [5.74, 6) is 1.77. The second-order valence-electron chi connectivity index (χ2n) is 5.23. The minimum absolute atomic E-state index is 0.309. The highest BCUT2D eigenvalue weighted by Gasteiger charge is 2.15. The molecule has 21 heavy (non-hydrogen) atoms. The van der Waals surface area contributed by atoms with Crippen LogP contribution in [0.5, 0.6) is 5.75 Å². The third-order valence-corrected chi connectivity index (χ3v) is 3.65. The summed E-state index contributed by atoms with van der Waals surface area (Å²) in [5.41, 5.74) is 5.64. The van der Waals surface area contributed by atoms with Crippen molar-refractivity contribution in [1.82, 2.24) is 4.98 Å². The molecule has 1 aromatic heterocycles. The van der Waals surface area contributed by atoms with Crippen LogP contribution < -0.4 is 15.4 Å². The van der Waals surface area contributed by atoms with E-state index < -0.39 is 0 Å². The van der Waals surface area contributed by atoms with Gasteiger partial charge >= 0.3 is 0 Å². The van der Waals surface area contributed by atoms with Crippen molar-refractivity contribution in [3.05, 3.63) is 30.5 Å². The zero-order valence-electron chi connectivity index (χ0n) is 12.7. The fourth-order valence-electron chi connectivity index (χ4n) is 2.33. The average Bonchev–Trinajstić information content (AvgIpc) is 2.46. The van der Waals surface area contributed by atoms with Crippen LogP contribution >= 0.6 is 12.2 Å². The number of methoxy groups -OCH3 is 1. The van der Waals surface area contributed by atoms with Gasteiger partial charge in [0.1, 0.15) is 11.6 Å². The predicted octanol–water partition coefficient (Wildman–Crippen LogP) is 3.13. The standard InChI is InChI=1S/C16H21N3OS/c1-11(2)19(9-7-15(17)21)16-14-10-13(20-3)5-4-12(14)6-8-18-16/h4-6,8,10-11H,7,9H2,1-3H3,(H2,17,21). The molecule has 0 aliphatic rings. The number of pyridine rings is 1. The monoisotopic (exact) mass is 303 g/mol. The van der Waals surface area contributed by atoms with Crippen molar-refractivity contribution in [3.8, 4) is 5.75 Å². The summed E-state index contributed by atoms with van der Waals surface area (Å²) in [7, 11) is 1.67. The molecular weight excluding hydrogens is 282 g/mol. The number of hydrogen-bond acceptors (Lipinski definition) is 4. The number of rotatable bonds is 6. The zero-order valence-corrected chi connectivity index (χ0v) is 13.5. The van der Waals surface area contributed by atoms with Gasteiger partial charge in [-0.2, -0.15) is 0 Å². The Bertz CT molecular complexity index is 642. The Kier molecular flexibility index (Phi) is 4.96. The van der Waals surface area contributed by atoms with Gasteiger partial charge in [-0.1, -0.05) is 18.3 Å². The van der Waals surface area contributed by atoms with Gasteiger partial charge in [0.15, 0.2) is 0 Å². The van der Waals surface area contributed by atoms with E-state index in [4.69, 9.17) is 22.7 Å². The largest absolute Gasteiger partial charge is 0.497 e. The highest BCUT2D eigenvalue weighted by molar-refractivity contribution is 7.80. The second-order valence-corrected chi connectivity index (χ2v) is 5.75. The molecule has 2 rings (SSSR count). The van der Waals surface area contributed by atoms with Gasteiger partial charge < -0.3 is 15.4 Å². The molecule has 0 saturated heterocycles. The second kappa shape index (κ2) is 6.72. The van der Waals surface area contributed by atoms with Gasteiger partial charge in [0, 0.05) is 30.6 Å². The van der Waals surface area contributed by atoms with Crippen LogP contribution in [0.15, 0.2) is 30.5 Å². The van der Waals surface area contributed by atoms with Gasteiger partial charge in [-0.25, -0.2) is 4.98 Å². The van der Waals surface area contributed by atoms with E-state index in [1.807, 2.05) is 30.5 Å². The highest BCUT2D eigenvalue weighted by Crippen LogP contribution is 2.29. The summed E-state index contributed by atoms with van der Waals surface area (Å²) < 4.78 is 5.33. The van der Waals surface area contributed by atoms with E-state index in [1.54, 1.807) is 7.11 Å². The van der Waals surface area contributed by atoms with Crippen LogP contribution in [0.2, 0.25) is 0 Å². The minimum atomic E-state index is 0.309. The van der Waals surface area contributed by atoms with E-state index >= 15 is 0 Å². The van der Waals surface area contributed by atoms with Crippen LogP contribution in [-0.2, 0) is 0 Å². The smallest absolute Gasteiger partial charge is 0.136 e. The van der Waals surface area contributed by atoms with Crippen LogP contribution in [0, 0.1) is 0 Å². The molecule has 0 bridgehead atoms. The Morgan fingerprint density at radius 1 is 1.38 bits per heavy atom. The number of hydrogen-bond donors (Lipinski definition) is 1. The van der Waals surface area contributed by atoms with Gasteiger partial charge in [0.05, 0.1) is 12.1 Å². The van der Waals surface area contributed by atoms with E-state index in [1.165, 1.54) is 0 Å². The molecule has 1 heterocycles. The third-order valence-electron chi connectivity index (χ3n) is 3.45. The number of nitrogens with two attached hydrogens (primary N) is 1. The zero-order chi connectivity index (χ0) is 15.4. The van der Waals surface area contributed by atoms with Crippen molar-refractivity contribution in [2.24, 2.45) is 5.73 Å². The first-order valence-corrected chi connectivity index (χ1v) is 7.41. The Morgan fingerprint density at radius 3 is 2.76 bits per heavy atom. The maximum absolute atomic E-state index is 5.64. The van der Waals surface area contributed by atoms with Gasteiger partial charge in [-0.05, 0) is 37.4 Å². The van der Waals surface area contributed by atoms with Gasteiger partial charge in [0.25, 0.3) is 0 Å². The van der Waals surface area contributed by atoms with Crippen LogP contribution in [0.3, 0.4) is 0 Å². The number of thiocarbonyl (C=S) groups is 1. The first kappa shape index (κ1) is 15.5. The first-order valence-electron chi connectivity index (χ1n) is 7.00. The molecule has 112 valence electrons. The van der Waals surface area contributed by atoms with Crippen LogP contribution in [0.25, 0.3) is 10.8 Å². The van der Waals surface area contributed by atoms with Crippen molar-refractivity contribution in [1.29, 1.82) is 0 Å². The fourth-order valence-corrected chi connectivity index (χ4v) is 2.42. The lowest BCUT2D eigenvalue weighted by Crippen LogP contribution is -2.34. The first-order chi connectivity index (χ1) is 10.0. The van der Waals surface area contributed by atoms with Crippen molar-refractivity contribution in [2.75, 3.05) is 18.6 Å². The Hall–Kier alpha value is -1.88. The van der Waals surface area contributed by atoms with E-state index in [2.05, 4.69) is 23.7 Å². The molecule has 5 heteroatoms. The molecule has 4 nitrogen and oxygen atoms in total. The van der Waals surface area contributed by atoms with Gasteiger partial charge in [-0.15, -0.1) is 0 Å². The Balaban J connectivity index is 2.48. The number of nitrogens with zero attached hydrogens (tertiary/aromatic N) is 2. The summed E-state index contributed by atoms with van der Waals surface area (Å²) in [6.45, 7) is 5.04. The summed E-state index contributed by atoms with van der Waals surface area (Å²) in [5, 5.41) is 2.22. The SMILES string of the molecule is COc1ccc2ccnc(N(CCC(N)=S)C(C)C)c2c1. The molecule has 0 spiro atoms.